The maximum atomic E-state index is 6.38. The number of benzene rings is 9. The second-order valence-electron chi connectivity index (χ2n) is 13.4. The van der Waals surface area contributed by atoms with Crippen LogP contribution in [0, 0.1) is 0 Å². The molecule has 244 valence electrons. The van der Waals surface area contributed by atoms with Crippen LogP contribution in [-0.4, -0.2) is 0 Å². The first-order valence-electron chi connectivity index (χ1n) is 17.7. The van der Waals surface area contributed by atoms with Gasteiger partial charge in [-0.15, -0.1) is 0 Å². The van der Waals surface area contributed by atoms with E-state index < -0.39 is 0 Å². The molecule has 0 aliphatic rings. The van der Waals surface area contributed by atoms with Crippen LogP contribution in [0.4, 0.5) is 17.1 Å². The molecule has 1 heterocycles. The predicted octanol–water partition coefficient (Wildman–Crippen LogP) is 14.4. The van der Waals surface area contributed by atoms with Crippen LogP contribution in [0.1, 0.15) is 0 Å². The fourth-order valence-corrected chi connectivity index (χ4v) is 7.60. The number of furan rings is 1. The minimum atomic E-state index is 0.873. The predicted molar refractivity (Wildman–Crippen MR) is 220 cm³/mol. The molecular weight excluding hydrogens is 631 g/mol. The number of hydrogen-bond donors (Lipinski definition) is 0. The lowest BCUT2D eigenvalue weighted by molar-refractivity contribution is 0.669. The summed E-state index contributed by atoms with van der Waals surface area (Å²) in [4.78, 5) is 2.36. The maximum Gasteiger partial charge on any atom is 0.137 e. The third-order valence-corrected chi connectivity index (χ3v) is 10.2. The van der Waals surface area contributed by atoms with Gasteiger partial charge in [-0.3, -0.25) is 0 Å². The summed E-state index contributed by atoms with van der Waals surface area (Å²) in [5.41, 5.74) is 12.2. The standard InChI is InChI=1S/C50H33NO/c1-3-11-34(12-4-1)36-19-20-38-30-39(22-21-37(38)29-36)40-23-24-42-32-43(26-25-41(42)31-40)51(48-17-9-7-15-45(48)35-13-5-2-6-14-35)44-27-28-47-46-16-8-10-18-49(46)52-50(47)33-44/h1-33H. The first-order valence-corrected chi connectivity index (χ1v) is 17.7. The summed E-state index contributed by atoms with van der Waals surface area (Å²) in [7, 11) is 0. The smallest absolute Gasteiger partial charge is 0.137 e. The molecule has 0 atom stereocenters. The average molecular weight is 664 g/mol. The van der Waals surface area contributed by atoms with Crippen molar-refractivity contribution in [1.82, 2.24) is 0 Å². The van der Waals surface area contributed by atoms with Crippen molar-refractivity contribution in [3.63, 3.8) is 0 Å². The number of rotatable bonds is 6. The van der Waals surface area contributed by atoms with Crippen LogP contribution in [0.3, 0.4) is 0 Å². The van der Waals surface area contributed by atoms with E-state index in [0.717, 1.165) is 44.6 Å². The summed E-state index contributed by atoms with van der Waals surface area (Å²) in [5, 5.41) is 7.11. The van der Waals surface area contributed by atoms with Gasteiger partial charge in [0.2, 0.25) is 0 Å². The van der Waals surface area contributed by atoms with Gasteiger partial charge in [0.1, 0.15) is 11.2 Å². The van der Waals surface area contributed by atoms with Crippen molar-refractivity contribution in [1.29, 1.82) is 0 Å². The van der Waals surface area contributed by atoms with Gasteiger partial charge in [-0.1, -0.05) is 140 Å². The van der Waals surface area contributed by atoms with Gasteiger partial charge in [-0.25, -0.2) is 0 Å². The molecule has 0 amide bonds. The van der Waals surface area contributed by atoms with Gasteiger partial charge in [-0.05, 0) is 104 Å². The van der Waals surface area contributed by atoms with Crippen molar-refractivity contribution < 1.29 is 4.42 Å². The second-order valence-corrected chi connectivity index (χ2v) is 13.4. The Balaban J connectivity index is 1.07. The van der Waals surface area contributed by atoms with Crippen LogP contribution in [0.5, 0.6) is 0 Å². The summed E-state index contributed by atoms with van der Waals surface area (Å²) in [5.74, 6) is 0. The molecule has 0 saturated carbocycles. The molecule has 10 aromatic rings. The van der Waals surface area contributed by atoms with Crippen LogP contribution >= 0.6 is 0 Å². The molecule has 10 rings (SSSR count). The van der Waals surface area contributed by atoms with Crippen LogP contribution in [0.15, 0.2) is 205 Å². The van der Waals surface area contributed by atoms with Gasteiger partial charge in [-0.2, -0.15) is 0 Å². The van der Waals surface area contributed by atoms with Crippen LogP contribution < -0.4 is 4.90 Å². The van der Waals surface area contributed by atoms with Crippen LogP contribution in [0.25, 0.3) is 76.9 Å². The number of nitrogens with zero attached hydrogens (tertiary/aromatic N) is 1. The molecule has 2 heteroatoms. The molecule has 0 unspecified atom stereocenters. The van der Waals surface area contributed by atoms with Gasteiger partial charge in [0.15, 0.2) is 0 Å². The zero-order valence-electron chi connectivity index (χ0n) is 28.4. The molecule has 52 heavy (non-hydrogen) atoms. The third-order valence-electron chi connectivity index (χ3n) is 10.2. The average Bonchev–Trinajstić information content (AvgIpc) is 3.59. The number of fused-ring (bicyclic) bond motifs is 5. The maximum absolute atomic E-state index is 6.38. The molecule has 0 aliphatic heterocycles. The lowest BCUT2D eigenvalue weighted by Crippen LogP contribution is -2.11. The molecule has 0 bridgehead atoms. The summed E-state index contributed by atoms with van der Waals surface area (Å²) in [6.45, 7) is 0. The van der Waals surface area contributed by atoms with Crippen LogP contribution in [0.2, 0.25) is 0 Å². The Hall–Kier alpha value is -6.90. The summed E-state index contributed by atoms with van der Waals surface area (Å²) < 4.78 is 6.38. The number of hydrogen-bond acceptors (Lipinski definition) is 2. The van der Waals surface area contributed by atoms with Crippen molar-refractivity contribution in [3.05, 3.63) is 200 Å². The Morgan fingerprint density at radius 3 is 1.52 bits per heavy atom. The highest BCUT2D eigenvalue weighted by molar-refractivity contribution is 6.06. The van der Waals surface area contributed by atoms with E-state index in [0.29, 0.717) is 0 Å². The lowest BCUT2D eigenvalue weighted by atomic mass is 9.96. The topological polar surface area (TPSA) is 16.4 Å². The Bertz CT molecular complexity index is 2910. The first kappa shape index (κ1) is 30.0. The van der Waals surface area contributed by atoms with Gasteiger partial charge >= 0.3 is 0 Å². The first-order chi connectivity index (χ1) is 25.7. The number of anilines is 3. The fraction of sp³-hybridized carbons (Fsp3) is 0. The molecule has 0 spiro atoms. The second kappa shape index (κ2) is 12.5. The Morgan fingerprint density at radius 1 is 0.308 bits per heavy atom. The van der Waals surface area contributed by atoms with Crippen molar-refractivity contribution in [2.75, 3.05) is 4.90 Å². The van der Waals surface area contributed by atoms with Crippen molar-refractivity contribution in [2.45, 2.75) is 0 Å². The highest BCUT2D eigenvalue weighted by Gasteiger charge is 2.19. The quantitative estimate of drug-likeness (QED) is 0.176. The molecule has 9 aromatic carbocycles. The Morgan fingerprint density at radius 2 is 0.808 bits per heavy atom. The van der Waals surface area contributed by atoms with E-state index in [2.05, 4.69) is 193 Å². The molecular formula is C50H33NO. The van der Waals surface area contributed by atoms with Crippen molar-refractivity contribution >= 4 is 60.5 Å². The highest BCUT2D eigenvalue weighted by Crippen LogP contribution is 2.43. The fourth-order valence-electron chi connectivity index (χ4n) is 7.60. The summed E-state index contributed by atoms with van der Waals surface area (Å²) in [6, 6.07) is 71.8. The molecule has 0 aliphatic carbocycles. The lowest BCUT2D eigenvalue weighted by Gasteiger charge is -2.28. The van der Waals surface area contributed by atoms with E-state index in [9.17, 15) is 0 Å². The van der Waals surface area contributed by atoms with Gasteiger partial charge in [0.25, 0.3) is 0 Å². The van der Waals surface area contributed by atoms with E-state index in [1.54, 1.807) is 0 Å². The zero-order valence-corrected chi connectivity index (χ0v) is 28.4. The molecule has 0 saturated heterocycles. The Labute approximate surface area is 302 Å². The largest absolute Gasteiger partial charge is 0.456 e. The highest BCUT2D eigenvalue weighted by atomic mass is 16.3. The van der Waals surface area contributed by atoms with E-state index >= 15 is 0 Å². The monoisotopic (exact) mass is 663 g/mol. The molecule has 2 nitrogen and oxygen atoms in total. The normalized spacial score (nSPS) is 11.5. The SMILES string of the molecule is c1ccc(-c2ccc3cc(-c4ccc5cc(N(c6ccc7c(c6)oc6ccccc67)c6ccccc6-c6ccccc6)ccc5c4)ccc3c2)cc1. The molecule has 0 fully saturated rings. The van der Waals surface area contributed by atoms with Gasteiger partial charge in [0, 0.05) is 33.8 Å². The van der Waals surface area contributed by atoms with Gasteiger partial charge < -0.3 is 9.32 Å². The molecule has 1 aromatic heterocycles. The molecule has 0 N–H and O–H groups in total. The molecule has 0 radical (unpaired) electrons. The minimum absolute atomic E-state index is 0.873. The van der Waals surface area contributed by atoms with Crippen molar-refractivity contribution in [2.24, 2.45) is 0 Å². The minimum Gasteiger partial charge on any atom is -0.456 e. The number of para-hydroxylation sites is 2. The van der Waals surface area contributed by atoms with E-state index in [4.69, 9.17) is 4.42 Å². The van der Waals surface area contributed by atoms with E-state index in [-0.39, 0.29) is 0 Å². The van der Waals surface area contributed by atoms with Crippen molar-refractivity contribution in [3.8, 4) is 33.4 Å². The summed E-state index contributed by atoms with van der Waals surface area (Å²) in [6.07, 6.45) is 0. The van der Waals surface area contributed by atoms with E-state index in [1.807, 2.05) is 12.1 Å². The van der Waals surface area contributed by atoms with Gasteiger partial charge in [0.05, 0.1) is 5.69 Å². The Kier molecular flexibility index (Phi) is 7.18. The summed E-state index contributed by atoms with van der Waals surface area (Å²) >= 11 is 0. The van der Waals surface area contributed by atoms with Crippen LogP contribution in [-0.2, 0) is 0 Å². The van der Waals surface area contributed by atoms with E-state index in [1.165, 1.54) is 49.4 Å². The third kappa shape index (κ3) is 5.30. The zero-order chi connectivity index (χ0) is 34.4.